The van der Waals surface area contributed by atoms with Crippen molar-refractivity contribution in [2.24, 2.45) is 17.3 Å². The molecule has 2 unspecified atom stereocenters. The van der Waals surface area contributed by atoms with E-state index in [0.29, 0.717) is 11.8 Å². The topological polar surface area (TPSA) is 46.9 Å². The summed E-state index contributed by atoms with van der Waals surface area (Å²) in [5, 5.41) is 7.60. The van der Waals surface area contributed by atoms with E-state index in [-0.39, 0.29) is 15.6 Å². The first-order valence-electron chi connectivity index (χ1n) is 9.73. The van der Waals surface area contributed by atoms with Gasteiger partial charge in [0.15, 0.2) is 0 Å². The fourth-order valence-electron chi connectivity index (χ4n) is 5.84. The summed E-state index contributed by atoms with van der Waals surface area (Å²) in [5.41, 5.74) is 0.627. The van der Waals surface area contributed by atoms with Crippen molar-refractivity contribution in [3.05, 3.63) is 42.7 Å². The predicted octanol–water partition coefficient (Wildman–Crippen LogP) is 5.31. The molecule has 1 heterocycles. The van der Waals surface area contributed by atoms with E-state index in [1.54, 1.807) is 18.0 Å². The van der Waals surface area contributed by atoms with E-state index in [9.17, 15) is 4.79 Å². The van der Waals surface area contributed by atoms with E-state index in [1.807, 2.05) is 29.1 Å². The molecular formula is C21H24BrN3OS. The SMILES string of the molecule is O=C(Nc1cnn(CSc2ccccc2)c1)C12C[C@@H]3C[C@@H](CC(Br)(C3)C1)C2. The molecule has 1 N–H and O–H groups in total. The monoisotopic (exact) mass is 445 g/mol. The van der Waals surface area contributed by atoms with Gasteiger partial charge in [-0.05, 0) is 62.5 Å². The number of hydrogen-bond acceptors (Lipinski definition) is 3. The lowest BCUT2D eigenvalue weighted by Crippen LogP contribution is -2.57. The lowest BCUT2D eigenvalue weighted by molar-refractivity contribution is -0.138. The molecule has 0 spiro atoms. The fraction of sp³-hybridized carbons (Fsp3) is 0.524. The van der Waals surface area contributed by atoms with Gasteiger partial charge in [0.25, 0.3) is 0 Å². The van der Waals surface area contributed by atoms with Crippen LogP contribution >= 0.6 is 27.7 Å². The summed E-state index contributed by atoms with van der Waals surface area (Å²) in [6.45, 7) is 0. The van der Waals surface area contributed by atoms with Crippen LogP contribution < -0.4 is 5.32 Å². The number of nitrogens with one attached hydrogen (secondary N) is 1. The summed E-state index contributed by atoms with van der Waals surface area (Å²) in [6, 6.07) is 10.3. The van der Waals surface area contributed by atoms with Crippen molar-refractivity contribution < 1.29 is 4.79 Å². The van der Waals surface area contributed by atoms with Crippen molar-refractivity contribution >= 4 is 39.3 Å². The molecule has 4 aliphatic carbocycles. The summed E-state index contributed by atoms with van der Waals surface area (Å²) in [7, 11) is 0. The predicted molar refractivity (Wildman–Crippen MR) is 112 cm³/mol. The van der Waals surface area contributed by atoms with Crippen LogP contribution in [0.5, 0.6) is 0 Å². The number of carbonyl (C=O) groups excluding carboxylic acids is 1. The van der Waals surface area contributed by atoms with Crippen LogP contribution in [0.4, 0.5) is 5.69 Å². The number of thioether (sulfide) groups is 1. The maximum atomic E-state index is 13.2. The molecule has 4 bridgehead atoms. The quantitative estimate of drug-likeness (QED) is 0.501. The molecule has 1 amide bonds. The summed E-state index contributed by atoms with van der Waals surface area (Å²) in [5.74, 6) is 2.36. The zero-order valence-corrected chi connectivity index (χ0v) is 17.6. The van der Waals surface area contributed by atoms with Crippen LogP contribution in [-0.2, 0) is 10.7 Å². The number of amides is 1. The molecular weight excluding hydrogens is 422 g/mol. The highest BCUT2D eigenvalue weighted by atomic mass is 79.9. The number of hydrogen-bond donors (Lipinski definition) is 1. The first-order chi connectivity index (χ1) is 13.0. The number of halogens is 1. The van der Waals surface area contributed by atoms with Gasteiger partial charge in [0.2, 0.25) is 5.91 Å². The number of aromatic nitrogens is 2. The van der Waals surface area contributed by atoms with Gasteiger partial charge in [0.1, 0.15) is 0 Å². The Labute approximate surface area is 172 Å². The van der Waals surface area contributed by atoms with Crippen molar-refractivity contribution in [1.82, 2.24) is 9.78 Å². The number of benzene rings is 1. The van der Waals surface area contributed by atoms with E-state index in [2.05, 4.69) is 38.5 Å². The molecule has 6 heteroatoms. The van der Waals surface area contributed by atoms with Gasteiger partial charge in [-0.25, -0.2) is 0 Å². The van der Waals surface area contributed by atoms with Gasteiger partial charge in [0.05, 0.1) is 23.2 Å². The van der Waals surface area contributed by atoms with Crippen LogP contribution in [0, 0.1) is 17.3 Å². The zero-order valence-electron chi connectivity index (χ0n) is 15.2. The molecule has 4 fully saturated rings. The molecule has 6 rings (SSSR count). The molecule has 1 aromatic carbocycles. The van der Waals surface area contributed by atoms with E-state index < -0.39 is 0 Å². The number of rotatable bonds is 5. The van der Waals surface area contributed by atoms with E-state index >= 15 is 0 Å². The molecule has 0 saturated heterocycles. The normalized spacial score (nSPS) is 34.0. The Balaban J connectivity index is 1.25. The minimum absolute atomic E-state index is 0.186. The van der Waals surface area contributed by atoms with Gasteiger partial charge in [-0.3, -0.25) is 9.48 Å². The highest BCUT2D eigenvalue weighted by Gasteiger charge is 2.59. The Morgan fingerprint density at radius 1 is 1.22 bits per heavy atom. The third kappa shape index (κ3) is 3.46. The van der Waals surface area contributed by atoms with Crippen molar-refractivity contribution in [1.29, 1.82) is 0 Å². The first-order valence-corrected chi connectivity index (χ1v) is 11.5. The lowest BCUT2D eigenvalue weighted by atomic mass is 9.49. The largest absolute Gasteiger partial charge is 0.323 e. The molecule has 4 atom stereocenters. The average molecular weight is 446 g/mol. The van der Waals surface area contributed by atoms with Crippen LogP contribution in [0.1, 0.15) is 38.5 Å². The lowest BCUT2D eigenvalue weighted by Gasteiger charge is -2.59. The smallest absolute Gasteiger partial charge is 0.230 e. The second-order valence-corrected chi connectivity index (χ2v) is 11.4. The molecule has 1 aromatic heterocycles. The van der Waals surface area contributed by atoms with E-state index in [4.69, 9.17) is 0 Å². The van der Waals surface area contributed by atoms with E-state index in [0.717, 1.165) is 30.8 Å². The second kappa shape index (κ2) is 6.66. The van der Waals surface area contributed by atoms with Crippen molar-refractivity contribution in [3.8, 4) is 0 Å². The van der Waals surface area contributed by atoms with E-state index in [1.165, 1.54) is 24.2 Å². The maximum Gasteiger partial charge on any atom is 0.230 e. The summed E-state index contributed by atoms with van der Waals surface area (Å²) in [4.78, 5) is 14.4. The maximum absolute atomic E-state index is 13.2. The van der Waals surface area contributed by atoms with Crippen LogP contribution in [-0.4, -0.2) is 20.0 Å². The highest BCUT2D eigenvalue weighted by Crippen LogP contribution is 2.64. The molecule has 2 aromatic rings. The van der Waals surface area contributed by atoms with Crippen LogP contribution in [0.3, 0.4) is 0 Å². The Kier molecular flexibility index (Phi) is 4.39. The average Bonchev–Trinajstić information content (AvgIpc) is 3.06. The molecule has 0 aliphatic heterocycles. The second-order valence-electron chi connectivity index (χ2n) is 8.70. The number of carbonyl (C=O) groups is 1. The molecule has 4 nitrogen and oxygen atoms in total. The van der Waals surface area contributed by atoms with Gasteiger partial charge < -0.3 is 5.32 Å². The molecule has 4 saturated carbocycles. The number of anilines is 1. The molecule has 0 radical (unpaired) electrons. The Morgan fingerprint density at radius 2 is 1.96 bits per heavy atom. The Morgan fingerprint density at radius 3 is 2.67 bits per heavy atom. The first kappa shape index (κ1) is 17.8. The highest BCUT2D eigenvalue weighted by molar-refractivity contribution is 9.10. The number of alkyl halides is 1. The Bertz CT molecular complexity index is 838. The molecule has 142 valence electrons. The third-order valence-electron chi connectivity index (χ3n) is 6.47. The van der Waals surface area contributed by atoms with Crippen molar-refractivity contribution in [2.45, 2.75) is 53.6 Å². The van der Waals surface area contributed by atoms with Gasteiger partial charge >= 0.3 is 0 Å². The van der Waals surface area contributed by atoms with Gasteiger partial charge in [0, 0.05) is 15.4 Å². The van der Waals surface area contributed by atoms with Crippen LogP contribution in [0.15, 0.2) is 47.6 Å². The minimum atomic E-state index is -0.186. The minimum Gasteiger partial charge on any atom is -0.323 e. The number of nitrogens with zero attached hydrogens (tertiary/aromatic N) is 2. The zero-order chi connectivity index (χ0) is 18.5. The summed E-state index contributed by atoms with van der Waals surface area (Å²) in [6.07, 6.45) is 10.6. The third-order valence-corrected chi connectivity index (χ3v) is 8.40. The van der Waals surface area contributed by atoms with Crippen LogP contribution in [0.25, 0.3) is 0 Å². The summed E-state index contributed by atoms with van der Waals surface area (Å²) >= 11 is 5.73. The van der Waals surface area contributed by atoms with Crippen LogP contribution in [0.2, 0.25) is 0 Å². The van der Waals surface area contributed by atoms with Gasteiger partial charge in [-0.15, -0.1) is 11.8 Å². The van der Waals surface area contributed by atoms with Crippen molar-refractivity contribution in [2.75, 3.05) is 5.32 Å². The van der Waals surface area contributed by atoms with Gasteiger partial charge in [-0.2, -0.15) is 5.10 Å². The molecule has 27 heavy (non-hydrogen) atoms. The van der Waals surface area contributed by atoms with Gasteiger partial charge in [-0.1, -0.05) is 34.1 Å². The standard InChI is InChI=1S/C21H24BrN3OS/c22-21-9-15-6-16(10-21)8-20(7-15,13-21)19(26)24-17-11-23-25(12-17)14-27-18-4-2-1-3-5-18/h1-5,11-12,15-16H,6-10,13-14H2,(H,24,26)/t15-,16+,20?,21?. The Hall–Kier alpha value is -1.27. The van der Waals surface area contributed by atoms with Crippen molar-refractivity contribution in [3.63, 3.8) is 0 Å². The molecule has 4 aliphatic rings. The summed E-state index contributed by atoms with van der Waals surface area (Å²) < 4.78 is 2.09. The fourth-order valence-corrected chi connectivity index (χ4v) is 8.06.